The van der Waals surface area contributed by atoms with Crippen LogP contribution >= 0.6 is 0 Å². The number of carbonyl (C=O) groups excluding carboxylic acids is 1. The first-order chi connectivity index (χ1) is 12.7. The maximum atomic E-state index is 12.8. The zero-order valence-electron chi connectivity index (χ0n) is 14.5. The fourth-order valence-corrected chi connectivity index (χ4v) is 2.96. The second kappa shape index (κ2) is 7.00. The minimum Gasteiger partial charge on any atom is -0.457 e. The van der Waals surface area contributed by atoms with E-state index < -0.39 is 0 Å². The Bertz CT molecular complexity index is 903. The molecule has 1 aromatic heterocycles. The van der Waals surface area contributed by atoms with Crippen molar-refractivity contribution in [3.63, 3.8) is 0 Å². The van der Waals surface area contributed by atoms with Crippen LogP contribution in [-0.4, -0.2) is 20.7 Å². The highest BCUT2D eigenvalue weighted by atomic mass is 16.5. The van der Waals surface area contributed by atoms with E-state index in [1.807, 2.05) is 49.5 Å². The van der Waals surface area contributed by atoms with Gasteiger partial charge in [0.15, 0.2) is 0 Å². The molecule has 1 saturated carbocycles. The van der Waals surface area contributed by atoms with Crippen LogP contribution in [0.1, 0.15) is 35.1 Å². The third-order valence-corrected chi connectivity index (χ3v) is 4.48. The molecule has 1 aliphatic rings. The summed E-state index contributed by atoms with van der Waals surface area (Å²) >= 11 is 0. The Hall–Kier alpha value is -3.15. The second-order valence-corrected chi connectivity index (χ2v) is 6.47. The lowest BCUT2D eigenvalue weighted by molar-refractivity contribution is 0.0928. The van der Waals surface area contributed by atoms with Crippen LogP contribution in [0.4, 0.5) is 0 Å². The van der Waals surface area contributed by atoms with Crippen LogP contribution in [0.25, 0.3) is 0 Å². The minimum absolute atomic E-state index is 0.117. The maximum absolute atomic E-state index is 12.8. The van der Waals surface area contributed by atoms with Gasteiger partial charge < -0.3 is 10.1 Å². The van der Waals surface area contributed by atoms with Gasteiger partial charge in [-0.1, -0.05) is 24.3 Å². The lowest BCUT2D eigenvalue weighted by Gasteiger charge is -2.17. The van der Waals surface area contributed by atoms with Gasteiger partial charge in [0.25, 0.3) is 5.91 Å². The number of nitrogens with zero attached hydrogens (tertiary/aromatic N) is 3. The highest BCUT2D eigenvalue weighted by molar-refractivity contribution is 5.94. The molecule has 1 heterocycles. The number of aryl methyl sites for hydroxylation is 1. The molecule has 0 radical (unpaired) electrons. The quantitative estimate of drug-likeness (QED) is 0.740. The van der Waals surface area contributed by atoms with Crippen LogP contribution in [0, 0.1) is 5.92 Å². The Morgan fingerprint density at radius 1 is 1.15 bits per heavy atom. The third kappa shape index (κ3) is 3.59. The van der Waals surface area contributed by atoms with E-state index in [0.717, 1.165) is 24.4 Å². The number of benzene rings is 2. The Balaban J connectivity index is 1.51. The van der Waals surface area contributed by atoms with Crippen molar-refractivity contribution in [2.24, 2.45) is 13.0 Å². The summed E-state index contributed by atoms with van der Waals surface area (Å²) in [5, 5.41) is 7.23. The molecule has 26 heavy (non-hydrogen) atoms. The van der Waals surface area contributed by atoms with E-state index in [-0.39, 0.29) is 11.9 Å². The fourth-order valence-electron chi connectivity index (χ4n) is 2.96. The molecule has 1 N–H and O–H groups in total. The third-order valence-electron chi connectivity index (χ3n) is 4.48. The molecule has 6 heteroatoms. The number of nitrogens with one attached hydrogen (secondary N) is 1. The number of aromatic nitrogens is 3. The first kappa shape index (κ1) is 16.3. The van der Waals surface area contributed by atoms with E-state index in [0.29, 0.717) is 17.2 Å². The molecule has 3 aromatic rings. The molecule has 1 amide bonds. The summed E-state index contributed by atoms with van der Waals surface area (Å²) in [5.41, 5.74) is 0.561. The first-order valence-electron chi connectivity index (χ1n) is 8.68. The summed E-state index contributed by atoms with van der Waals surface area (Å²) in [7, 11) is 1.85. The maximum Gasteiger partial charge on any atom is 0.252 e. The number of hydrogen-bond donors (Lipinski definition) is 1. The molecule has 0 saturated heterocycles. The Morgan fingerprint density at radius 2 is 1.92 bits per heavy atom. The number of ether oxygens (including phenoxy) is 1. The van der Waals surface area contributed by atoms with Gasteiger partial charge in [0.05, 0.1) is 6.04 Å². The summed E-state index contributed by atoms with van der Waals surface area (Å²) < 4.78 is 7.54. The van der Waals surface area contributed by atoms with Gasteiger partial charge in [0, 0.05) is 12.6 Å². The van der Waals surface area contributed by atoms with Crippen LogP contribution in [-0.2, 0) is 7.05 Å². The van der Waals surface area contributed by atoms with Crippen LogP contribution < -0.4 is 10.1 Å². The van der Waals surface area contributed by atoms with Crippen molar-refractivity contribution >= 4 is 5.91 Å². The van der Waals surface area contributed by atoms with Gasteiger partial charge in [-0.25, -0.2) is 4.98 Å². The largest absolute Gasteiger partial charge is 0.457 e. The molecule has 2 aromatic carbocycles. The SMILES string of the molecule is Cn1ncnc1C(NC(=O)c1cccc(Oc2ccccc2)c1)C1CC1. The van der Waals surface area contributed by atoms with E-state index in [2.05, 4.69) is 15.4 Å². The number of hydrogen-bond acceptors (Lipinski definition) is 4. The normalized spacial score (nSPS) is 14.7. The molecular formula is C20H20N4O2. The van der Waals surface area contributed by atoms with Crippen LogP contribution in [0.15, 0.2) is 60.9 Å². The van der Waals surface area contributed by atoms with Crippen molar-refractivity contribution in [1.82, 2.24) is 20.1 Å². The Morgan fingerprint density at radius 3 is 2.62 bits per heavy atom. The molecule has 4 rings (SSSR count). The molecule has 0 spiro atoms. The van der Waals surface area contributed by atoms with Crippen molar-refractivity contribution in [3.05, 3.63) is 72.3 Å². The van der Waals surface area contributed by atoms with Crippen LogP contribution in [0.3, 0.4) is 0 Å². The molecule has 1 unspecified atom stereocenters. The molecule has 6 nitrogen and oxygen atoms in total. The smallest absolute Gasteiger partial charge is 0.252 e. The van der Waals surface area contributed by atoms with E-state index >= 15 is 0 Å². The van der Waals surface area contributed by atoms with Gasteiger partial charge in [-0.2, -0.15) is 5.10 Å². The molecule has 1 fully saturated rings. The zero-order chi connectivity index (χ0) is 17.9. The van der Waals surface area contributed by atoms with Gasteiger partial charge in [-0.15, -0.1) is 0 Å². The van der Waals surface area contributed by atoms with E-state index in [4.69, 9.17) is 4.74 Å². The average Bonchev–Trinajstić information content (AvgIpc) is 3.42. The van der Waals surface area contributed by atoms with Crippen LogP contribution in [0.5, 0.6) is 11.5 Å². The van der Waals surface area contributed by atoms with Gasteiger partial charge in [-0.3, -0.25) is 9.48 Å². The summed E-state index contributed by atoms with van der Waals surface area (Å²) in [6.45, 7) is 0. The Labute approximate surface area is 151 Å². The molecule has 1 atom stereocenters. The predicted octanol–water partition coefficient (Wildman–Crippen LogP) is 3.49. The van der Waals surface area contributed by atoms with E-state index in [9.17, 15) is 4.79 Å². The van der Waals surface area contributed by atoms with Crippen molar-refractivity contribution in [2.75, 3.05) is 0 Å². The lowest BCUT2D eigenvalue weighted by Crippen LogP contribution is -2.31. The number of amides is 1. The Kier molecular flexibility index (Phi) is 4.39. The lowest BCUT2D eigenvalue weighted by atomic mass is 10.1. The number of para-hydroxylation sites is 1. The van der Waals surface area contributed by atoms with Gasteiger partial charge >= 0.3 is 0 Å². The van der Waals surface area contributed by atoms with Crippen molar-refractivity contribution in [3.8, 4) is 11.5 Å². The molecule has 132 valence electrons. The topological polar surface area (TPSA) is 69.0 Å². The van der Waals surface area contributed by atoms with Crippen molar-refractivity contribution in [2.45, 2.75) is 18.9 Å². The first-order valence-corrected chi connectivity index (χ1v) is 8.68. The van der Waals surface area contributed by atoms with Crippen LogP contribution in [0.2, 0.25) is 0 Å². The summed E-state index contributed by atoms with van der Waals surface area (Å²) in [4.78, 5) is 17.1. The fraction of sp³-hybridized carbons (Fsp3) is 0.250. The molecule has 0 aliphatic heterocycles. The highest BCUT2D eigenvalue weighted by Crippen LogP contribution is 2.40. The second-order valence-electron chi connectivity index (χ2n) is 6.47. The number of carbonyl (C=O) groups is 1. The molecular weight excluding hydrogens is 328 g/mol. The summed E-state index contributed by atoms with van der Waals surface area (Å²) in [6, 6.07) is 16.6. The van der Waals surface area contributed by atoms with Gasteiger partial charge in [-0.05, 0) is 49.1 Å². The van der Waals surface area contributed by atoms with Gasteiger partial charge in [0.1, 0.15) is 23.7 Å². The van der Waals surface area contributed by atoms with E-state index in [1.54, 1.807) is 16.8 Å². The van der Waals surface area contributed by atoms with Crippen molar-refractivity contribution < 1.29 is 9.53 Å². The predicted molar refractivity (Wildman–Crippen MR) is 96.9 cm³/mol. The monoisotopic (exact) mass is 348 g/mol. The standard InChI is InChI=1S/C20H20N4O2/c1-24-19(21-13-22-24)18(14-10-11-14)23-20(25)15-6-5-9-17(12-15)26-16-7-3-2-4-8-16/h2-9,12-14,18H,10-11H2,1H3,(H,23,25). The number of rotatable bonds is 6. The average molecular weight is 348 g/mol. The van der Waals surface area contributed by atoms with Gasteiger partial charge in [0.2, 0.25) is 0 Å². The zero-order valence-corrected chi connectivity index (χ0v) is 14.5. The summed E-state index contributed by atoms with van der Waals surface area (Å²) in [5.74, 6) is 2.44. The highest BCUT2D eigenvalue weighted by Gasteiger charge is 2.36. The molecule has 0 bridgehead atoms. The summed E-state index contributed by atoms with van der Waals surface area (Å²) in [6.07, 6.45) is 3.70. The van der Waals surface area contributed by atoms with E-state index in [1.165, 1.54) is 6.33 Å². The minimum atomic E-state index is -0.136. The van der Waals surface area contributed by atoms with Crippen molar-refractivity contribution in [1.29, 1.82) is 0 Å². The molecule has 1 aliphatic carbocycles.